The Morgan fingerprint density at radius 1 is 0.487 bits per heavy atom. The number of aliphatic hydroxyl groups excluding tert-OH is 11. The summed E-state index contributed by atoms with van der Waals surface area (Å²) in [6.45, 7) is 7.34. The molecular weight excluding hydrogens is 1730 g/mol. The number of alkyl halides is 1. The van der Waals surface area contributed by atoms with Gasteiger partial charge in [0.25, 0.3) is 0 Å². The monoisotopic (exact) mass is 1840 g/mol. The van der Waals surface area contributed by atoms with E-state index >= 15 is 4.39 Å². The number of hydrogen-bond acceptors (Lipinski definition) is 43. The molecule has 4 aliphatic heterocycles. The van der Waals surface area contributed by atoms with Gasteiger partial charge in [0.1, 0.15) is 73.2 Å². The zero-order valence-corrected chi connectivity index (χ0v) is 68.3. The maximum absolute atomic E-state index is 17.1. The minimum absolute atomic E-state index is 0.0244. The van der Waals surface area contributed by atoms with Crippen molar-refractivity contribution >= 4 is 69.5 Å². The zero-order chi connectivity index (χ0) is 92.3. The Labute approximate surface area is 682 Å². The van der Waals surface area contributed by atoms with Gasteiger partial charge in [-0.25, -0.2) is 4.39 Å². The van der Waals surface area contributed by atoms with Crippen LogP contribution >= 0.6 is 0 Å². The minimum Gasteiger partial charge on any atom is -0.451 e. The third kappa shape index (κ3) is 30.3. The number of aliphatic hydroxyl groups is 11. The van der Waals surface area contributed by atoms with E-state index in [1.165, 1.54) is 26.0 Å². The number of nitrogens with two attached hydrogens (primary N) is 10. The topological polar surface area (TPSA) is 990 Å². The molecule has 0 amide bonds. The smallest absolute Gasteiger partial charge is 0.394 e. The second kappa shape index (κ2) is 44.2. The van der Waals surface area contributed by atoms with Crippen LogP contribution in [-0.4, -0.2) is 376 Å². The molecular formula is C60H115FN10O43S5. The van der Waals surface area contributed by atoms with Crippen LogP contribution in [0.4, 0.5) is 4.39 Å². The number of hydrogen-bond donors (Lipinski definition) is 31. The molecule has 0 aromatic carbocycles. The van der Waals surface area contributed by atoms with Gasteiger partial charge in [0.15, 0.2) is 48.0 Å². The number of fused-ring (bicyclic) bond motifs is 5. The van der Waals surface area contributed by atoms with E-state index < -0.39 is 276 Å². The van der Waals surface area contributed by atoms with Crippen LogP contribution in [0.5, 0.6) is 0 Å². The van der Waals surface area contributed by atoms with Gasteiger partial charge in [-0.3, -0.25) is 59.9 Å². The first-order valence-corrected chi connectivity index (χ1v) is 42.9. The summed E-state index contributed by atoms with van der Waals surface area (Å²) in [6, 6.07) is -6.53. The summed E-state index contributed by atoms with van der Waals surface area (Å²) >= 11 is 0. The SMILES string of the molecule is CC(=O)OC1(C(C)=O)CCC2C3CC(C)C4=CC(=O)C=CC4(C)C3(F)C(O)CC21C.NC[C@H]1O[C@H](O[C@H]2[C@H](O)[C@@H](O[C@H]3O[C@H](CO)[C@@H](O)[C@H](N)[C@H]3O)[C@H](N)C[C@@H]2N)[C@H](N)C[C@@H]1O.NC[C@H]1O[C@H](O[C@H]2[C@H](O)[C@@H](O[C@H]3O[C@H](CO)[C@@H](O)[C@H](N)[C@H]3O)[C@H](N)C[C@@H]2N)[C@H](N)C[C@@H]1O.O=S(=O)(O)O.O=S(=O)(O)O.O=S(=O)(O)O.O=S(=O)(O)O.O=S(=O)(O)O. The molecule has 5 saturated carbocycles. The molecule has 41 N–H and O–H groups in total. The lowest BCUT2D eigenvalue weighted by atomic mass is 9.43. The first kappa shape index (κ1) is 110. The van der Waals surface area contributed by atoms with Crippen molar-refractivity contribution < 1.29 is 205 Å². The van der Waals surface area contributed by atoms with Gasteiger partial charge < -0.3 is 156 Å². The molecule has 0 aromatic heterocycles. The van der Waals surface area contributed by atoms with Crippen molar-refractivity contribution in [3.8, 4) is 0 Å². The lowest BCUT2D eigenvalue weighted by Crippen LogP contribution is -2.70. The van der Waals surface area contributed by atoms with Gasteiger partial charge in [0.2, 0.25) is 0 Å². The molecule has 4 saturated heterocycles. The summed E-state index contributed by atoms with van der Waals surface area (Å²) in [5.74, 6) is -1.72. The number of rotatable bonds is 14. The van der Waals surface area contributed by atoms with Gasteiger partial charge in [0, 0.05) is 60.9 Å². The molecule has 10 aliphatic rings. The molecule has 0 aromatic rings. The highest BCUT2D eigenvalue weighted by molar-refractivity contribution is 7.80. The molecule has 59 heteroatoms. The molecule has 4 heterocycles. The third-order valence-corrected chi connectivity index (χ3v) is 21.8. The van der Waals surface area contributed by atoms with Crippen molar-refractivity contribution in [3.05, 3.63) is 23.8 Å². The highest BCUT2D eigenvalue weighted by atomic mass is 32.3. The maximum atomic E-state index is 17.1. The summed E-state index contributed by atoms with van der Waals surface area (Å²) in [4.78, 5) is 36.7. The Bertz CT molecular complexity index is 3640. The molecule has 0 spiro atoms. The van der Waals surface area contributed by atoms with Crippen LogP contribution in [0.1, 0.15) is 86.0 Å². The largest absolute Gasteiger partial charge is 0.451 e. The van der Waals surface area contributed by atoms with Gasteiger partial charge >= 0.3 is 58.0 Å². The standard InChI is InChI=1S/C24H31FO5.2C18H37N5O9.5H2O4S/c1-13-10-19-17-7-9-23(14(2)26,30-15(3)27)22(17,5)12-20(29)24(19,25)21(4)8-6-16(28)11-18(13)21;2*19-3-9-8(25)2-7(22)17(29-9)31-15-5(20)1-6(21)16(14(15)28)32-18-13(27)11(23)12(26)10(4-24)30-18;5*1-5(2,3)4/h6,8,11,13,17,19-20,29H,7,9-10,12H2,1-5H3;2*5-18,24-28H,1-4,19-23H2;5*(H2,1,2,3,4)/t;2*5-,6+,7+,8-,9+,10+,11-,12+,13+,14-,15+,16-,17+,18+;;;;;/m.00...../s1. The Kier molecular flexibility index (Phi) is 40.7. The highest BCUT2D eigenvalue weighted by Gasteiger charge is 2.76. The number of ketones is 2. The predicted octanol–water partition coefficient (Wildman–Crippen LogP) is -12.4. The molecule has 8 unspecified atom stereocenters. The quantitative estimate of drug-likeness (QED) is 0.0567. The average Bonchev–Trinajstić information content (AvgIpc) is 1.63. The predicted molar refractivity (Wildman–Crippen MR) is 396 cm³/mol. The lowest BCUT2D eigenvalue weighted by molar-refractivity contribution is -0.314. The van der Waals surface area contributed by atoms with Crippen molar-refractivity contribution in [2.24, 2.45) is 85.9 Å². The lowest BCUT2D eigenvalue weighted by Gasteiger charge is -2.63. The third-order valence-electron chi connectivity index (χ3n) is 21.8. The Balaban J connectivity index is 0.000000402. The van der Waals surface area contributed by atoms with Crippen LogP contribution in [0.25, 0.3) is 0 Å². The number of allylic oxidation sites excluding steroid dienone is 4. The van der Waals surface area contributed by atoms with E-state index in [1.54, 1.807) is 13.0 Å². The van der Waals surface area contributed by atoms with E-state index in [1.807, 2.05) is 13.8 Å². The number of Topliss-reactive ketones (excluding diaryl/α,β-unsaturated/α-hetero) is 1. The van der Waals surface area contributed by atoms with Crippen molar-refractivity contribution in [1.29, 1.82) is 0 Å². The van der Waals surface area contributed by atoms with Crippen molar-refractivity contribution in [2.45, 2.75) is 275 Å². The van der Waals surface area contributed by atoms with Crippen LogP contribution in [0.15, 0.2) is 23.8 Å². The molecule has 10 rings (SSSR count). The maximum Gasteiger partial charge on any atom is 0.394 e. The molecule has 0 radical (unpaired) electrons. The van der Waals surface area contributed by atoms with Crippen molar-refractivity contribution in [1.82, 2.24) is 0 Å². The first-order chi connectivity index (χ1) is 54.0. The number of carbonyl (C=O) groups is 3. The van der Waals surface area contributed by atoms with Gasteiger partial charge in [-0.05, 0) is 89.2 Å². The van der Waals surface area contributed by atoms with Crippen molar-refractivity contribution in [2.75, 3.05) is 26.3 Å². The van der Waals surface area contributed by atoms with Gasteiger partial charge in [-0.15, -0.1) is 0 Å². The van der Waals surface area contributed by atoms with Crippen LogP contribution in [0, 0.1) is 28.6 Å². The Morgan fingerprint density at radius 2 is 0.807 bits per heavy atom. The summed E-state index contributed by atoms with van der Waals surface area (Å²) in [6.07, 6.45) is -16.9. The second-order valence-corrected chi connectivity index (χ2v) is 34.6. The van der Waals surface area contributed by atoms with Gasteiger partial charge in [0.05, 0.1) is 67.9 Å². The van der Waals surface area contributed by atoms with E-state index in [-0.39, 0.29) is 68.6 Å². The number of ether oxygens (including phenoxy) is 9. The van der Waals surface area contributed by atoms with E-state index in [9.17, 15) is 70.6 Å². The van der Waals surface area contributed by atoms with E-state index in [2.05, 4.69) is 0 Å². The number of carbonyl (C=O) groups excluding carboxylic acids is 3. The first-order valence-electron chi connectivity index (χ1n) is 35.9. The minimum atomic E-state index is -4.67. The average molecular weight is 1840 g/mol. The van der Waals surface area contributed by atoms with Crippen molar-refractivity contribution in [3.63, 3.8) is 0 Å². The number of esters is 1. The van der Waals surface area contributed by atoms with E-state index in [4.69, 9.17) is 188 Å². The number of halogens is 1. The zero-order valence-electron chi connectivity index (χ0n) is 64.3. The summed E-state index contributed by atoms with van der Waals surface area (Å²) in [5, 5.41) is 113. The molecule has 53 nitrogen and oxygen atoms in total. The molecule has 0 bridgehead atoms. The molecule has 9 fully saturated rings. The molecule has 36 atom stereocenters. The van der Waals surface area contributed by atoms with E-state index in [0.29, 0.717) is 19.3 Å². The van der Waals surface area contributed by atoms with Crippen LogP contribution in [-0.2, 0) is 109 Å². The summed E-state index contributed by atoms with van der Waals surface area (Å²) in [5.41, 5.74) is 55.0. The van der Waals surface area contributed by atoms with Crippen LogP contribution in [0.3, 0.4) is 0 Å². The fraction of sp³-hybridized carbons (Fsp3) is 0.883. The summed E-state index contributed by atoms with van der Waals surface area (Å²) < 4.78 is 226. The molecule has 119 heavy (non-hydrogen) atoms. The molecule has 6 aliphatic carbocycles. The van der Waals surface area contributed by atoms with Gasteiger partial charge in [-0.1, -0.05) is 25.5 Å². The van der Waals surface area contributed by atoms with Crippen LogP contribution in [0.2, 0.25) is 0 Å². The normalized spacial score (nSPS) is 43.3. The highest BCUT2D eigenvalue weighted by Crippen LogP contribution is 2.71. The fourth-order valence-electron chi connectivity index (χ4n) is 16.5. The molecule has 700 valence electrons. The van der Waals surface area contributed by atoms with Gasteiger partial charge in [-0.2, -0.15) is 42.1 Å². The summed E-state index contributed by atoms with van der Waals surface area (Å²) in [7, 11) is -23.3. The van der Waals surface area contributed by atoms with E-state index in [0.717, 1.165) is 5.57 Å². The Morgan fingerprint density at radius 3 is 1.11 bits per heavy atom. The van der Waals surface area contributed by atoms with Crippen LogP contribution < -0.4 is 57.3 Å². The Hall–Kier alpha value is -3.59. The second-order valence-electron chi connectivity index (χ2n) is 30.1. The fourth-order valence-corrected chi connectivity index (χ4v) is 16.5.